The van der Waals surface area contributed by atoms with E-state index in [-0.39, 0.29) is 30.7 Å². The quantitative estimate of drug-likeness (QED) is 0.317. The summed E-state index contributed by atoms with van der Waals surface area (Å²) in [5.74, 6) is 0.274. The number of anilines is 2. The number of benzene rings is 1. The molecule has 5 rings (SSSR count). The van der Waals surface area contributed by atoms with Gasteiger partial charge in [0.25, 0.3) is 5.91 Å². The van der Waals surface area contributed by atoms with Gasteiger partial charge in [-0.25, -0.2) is 4.98 Å². The third-order valence-corrected chi connectivity index (χ3v) is 6.39. The largest absolute Gasteiger partial charge is 0.494 e. The first kappa shape index (κ1) is 22.1. The van der Waals surface area contributed by atoms with E-state index in [9.17, 15) is 9.90 Å². The summed E-state index contributed by atoms with van der Waals surface area (Å²) in [5.41, 5.74) is 1.81. The molecule has 1 aliphatic heterocycles. The Morgan fingerprint density at radius 1 is 1.26 bits per heavy atom. The molecule has 11 heteroatoms. The Kier molecular flexibility index (Phi) is 6.30. The minimum atomic E-state index is -0.345. The van der Waals surface area contributed by atoms with E-state index in [2.05, 4.69) is 25.5 Å². The van der Waals surface area contributed by atoms with Crippen molar-refractivity contribution in [2.24, 2.45) is 0 Å². The molecule has 0 bridgehead atoms. The number of aromatic hydroxyl groups is 1. The molecule has 1 aliphatic rings. The Balaban J connectivity index is 1.37. The highest BCUT2D eigenvalue weighted by Crippen LogP contribution is 2.33. The Hall–Kier alpha value is -3.67. The highest BCUT2D eigenvalue weighted by molar-refractivity contribution is 7.12. The van der Waals surface area contributed by atoms with Crippen molar-refractivity contribution >= 4 is 39.4 Å². The average Bonchev–Trinajstić information content (AvgIpc) is 3.48. The summed E-state index contributed by atoms with van der Waals surface area (Å²) in [5, 5.41) is 29.4. The summed E-state index contributed by atoms with van der Waals surface area (Å²) >= 11 is 1.25. The number of hydrogen-bond donors (Lipinski definition) is 4. The monoisotopic (exact) mass is 480 g/mol. The third-order valence-electron chi connectivity index (χ3n) is 5.56. The van der Waals surface area contributed by atoms with Crippen LogP contribution in [0.4, 0.5) is 11.4 Å². The van der Waals surface area contributed by atoms with Crippen molar-refractivity contribution in [1.29, 1.82) is 0 Å². The minimum absolute atomic E-state index is 0.0262. The molecule has 1 amide bonds. The fourth-order valence-corrected chi connectivity index (χ4v) is 4.69. The number of fused-ring (bicyclic) bond motifs is 1. The van der Waals surface area contributed by atoms with Gasteiger partial charge in [0.2, 0.25) is 5.88 Å². The summed E-state index contributed by atoms with van der Waals surface area (Å²) < 4.78 is 6.98. The molecular weight excluding hydrogens is 456 g/mol. The van der Waals surface area contributed by atoms with Gasteiger partial charge in [-0.05, 0) is 24.3 Å². The van der Waals surface area contributed by atoms with Crippen LogP contribution in [0.2, 0.25) is 0 Å². The third kappa shape index (κ3) is 4.40. The summed E-state index contributed by atoms with van der Waals surface area (Å²) in [6.07, 6.45) is 5.10. The number of thiazole rings is 1. The molecule has 0 atom stereocenters. The van der Waals surface area contributed by atoms with Crippen molar-refractivity contribution in [3.05, 3.63) is 53.9 Å². The molecule has 3 aromatic heterocycles. The van der Waals surface area contributed by atoms with Gasteiger partial charge in [0.05, 0.1) is 24.2 Å². The lowest BCUT2D eigenvalue weighted by atomic mass is 10.2. The molecule has 1 fully saturated rings. The fraction of sp³-hybridized carbons (Fsp3) is 0.261. The zero-order valence-corrected chi connectivity index (χ0v) is 19.1. The molecular formula is C23H24N6O4S. The molecule has 0 saturated carbocycles. The topological polar surface area (TPSA) is 125 Å². The molecule has 0 unspecified atom stereocenters. The second kappa shape index (κ2) is 9.67. The van der Waals surface area contributed by atoms with Gasteiger partial charge in [0.1, 0.15) is 18.1 Å². The Bertz CT molecular complexity index is 1310. The van der Waals surface area contributed by atoms with Gasteiger partial charge in [0, 0.05) is 54.7 Å². The molecule has 0 spiro atoms. The normalized spacial score (nSPS) is 13.9. The summed E-state index contributed by atoms with van der Waals surface area (Å²) in [6, 6.07) is 7.15. The average molecular weight is 481 g/mol. The number of aliphatic hydroxyl groups excluding tert-OH is 1. The van der Waals surface area contributed by atoms with Gasteiger partial charge < -0.3 is 30.5 Å². The lowest BCUT2D eigenvalue weighted by Crippen LogP contribution is -2.43. The highest BCUT2D eigenvalue weighted by Gasteiger charge is 2.19. The van der Waals surface area contributed by atoms with Crippen molar-refractivity contribution in [1.82, 2.24) is 19.9 Å². The van der Waals surface area contributed by atoms with Gasteiger partial charge in [-0.15, -0.1) is 11.3 Å². The van der Waals surface area contributed by atoms with Crippen LogP contribution in [0.1, 0.15) is 10.5 Å². The van der Waals surface area contributed by atoms with Crippen LogP contribution in [0, 0.1) is 0 Å². The Morgan fingerprint density at radius 3 is 2.94 bits per heavy atom. The van der Waals surface area contributed by atoms with E-state index in [1.165, 1.54) is 15.9 Å². The first-order chi connectivity index (χ1) is 16.6. The molecule has 34 heavy (non-hydrogen) atoms. The van der Waals surface area contributed by atoms with Crippen molar-refractivity contribution in [2.45, 2.75) is 0 Å². The number of aromatic nitrogens is 3. The number of hydrogen-bond acceptors (Lipinski definition) is 9. The van der Waals surface area contributed by atoms with E-state index in [0.29, 0.717) is 22.0 Å². The summed E-state index contributed by atoms with van der Waals surface area (Å²) in [7, 11) is 0. The SMILES string of the molecule is O=C(Nc1cnccc1N1CCNCC1)c1csc(-n2cc3cc(OCCO)ccc3c2O)n1. The van der Waals surface area contributed by atoms with E-state index in [1.807, 2.05) is 6.07 Å². The predicted molar refractivity (Wildman–Crippen MR) is 130 cm³/mol. The molecule has 4 aromatic rings. The van der Waals surface area contributed by atoms with E-state index >= 15 is 0 Å². The molecule has 1 saturated heterocycles. The van der Waals surface area contributed by atoms with Crippen molar-refractivity contribution in [2.75, 3.05) is 49.6 Å². The molecule has 4 heterocycles. The van der Waals surface area contributed by atoms with E-state index in [0.717, 1.165) is 37.3 Å². The second-order valence-electron chi connectivity index (χ2n) is 7.74. The number of aliphatic hydroxyl groups is 1. The molecule has 0 radical (unpaired) electrons. The maximum atomic E-state index is 13.0. The van der Waals surface area contributed by atoms with E-state index < -0.39 is 0 Å². The van der Waals surface area contributed by atoms with Crippen LogP contribution >= 0.6 is 11.3 Å². The number of pyridine rings is 1. The first-order valence-electron chi connectivity index (χ1n) is 10.9. The number of rotatable bonds is 7. The first-order valence-corrected chi connectivity index (χ1v) is 11.8. The number of nitrogens with one attached hydrogen (secondary N) is 2. The fourth-order valence-electron chi connectivity index (χ4n) is 3.91. The van der Waals surface area contributed by atoms with Gasteiger partial charge in [-0.2, -0.15) is 0 Å². The molecule has 10 nitrogen and oxygen atoms in total. The number of amides is 1. The zero-order valence-electron chi connectivity index (χ0n) is 18.3. The Labute approximate surface area is 199 Å². The molecule has 4 N–H and O–H groups in total. The smallest absolute Gasteiger partial charge is 0.275 e. The van der Waals surface area contributed by atoms with Crippen molar-refractivity contribution in [3.63, 3.8) is 0 Å². The second-order valence-corrected chi connectivity index (χ2v) is 8.58. The van der Waals surface area contributed by atoms with Crippen LogP contribution in [0.3, 0.4) is 0 Å². The van der Waals surface area contributed by atoms with Crippen LogP contribution in [0.15, 0.2) is 48.2 Å². The lowest BCUT2D eigenvalue weighted by molar-refractivity contribution is 0.102. The Morgan fingerprint density at radius 2 is 2.12 bits per heavy atom. The maximum absolute atomic E-state index is 13.0. The number of carbonyl (C=O) groups is 1. The van der Waals surface area contributed by atoms with Crippen LogP contribution < -0.4 is 20.3 Å². The summed E-state index contributed by atoms with van der Waals surface area (Å²) in [6.45, 7) is 3.58. The van der Waals surface area contributed by atoms with Gasteiger partial charge in [-0.1, -0.05) is 0 Å². The number of ether oxygens (including phenoxy) is 1. The van der Waals surface area contributed by atoms with Crippen LogP contribution in [0.25, 0.3) is 15.9 Å². The standard InChI is InChI=1S/C23H24N6O4S/c30-9-10-33-16-1-2-17-15(11-16)13-29(22(17)32)23-27-19(14-34-23)21(31)26-18-12-25-4-3-20(18)28-7-5-24-6-8-28/h1-4,11-14,24,30,32H,5-10H2,(H,26,31). The molecule has 1 aromatic carbocycles. The van der Waals surface area contributed by atoms with Crippen LogP contribution in [-0.2, 0) is 0 Å². The van der Waals surface area contributed by atoms with E-state index in [1.54, 1.807) is 42.2 Å². The minimum Gasteiger partial charge on any atom is -0.494 e. The zero-order chi connectivity index (χ0) is 23.5. The molecule has 176 valence electrons. The van der Waals surface area contributed by atoms with Crippen molar-refractivity contribution < 1.29 is 19.7 Å². The van der Waals surface area contributed by atoms with Gasteiger partial charge in [0.15, 0.2) is 5.13 Å². The highest BCUT2D eigenvalue weighted by atomic mass is 32.1. The maximum Gasteiger partial charge on any atom is 0.275 e. The summed E-state index contributed by atoms with van der Waals surface area (Å²) in [4.78, 5) is 23.8. The van der Waals surface area contributed by atoms with Crippen molar-refractivity contribution in [3.8, 4) is 16.8 Å². The number of nitrogens with zero attached hydrogens (tertiary/aromatic N) is 4. The van der Waals surface area contributed by atoms with Gasteiger partial charge >= 0.3 is 0 Å². The van der Waals surface area contributed by atoms with Gasteiger partial charge in [-0.3, -0.25) is 14.3 Å². The van der Waals surface area contributed by atoms with Crippen LogP contribution in [0.5, 0.6) is 11.6 Å². The number of piperazine rings is 1. The van der Waals surface area contributed by atoms with Crippen LogP contribution in [-0.4, -0.2) is 70.0 Å². The number of carbonyl (C=O) groups excluding carboxylic acids is 1. The lowest BCUT2D eigenvalue weighted by Gasteiger charge is -2.30. The molecule has 0 aliphatic carbocycles. The predicted octanol–water partition coefficient (Wildman–Crippen LogP) is 2.22. The van der Waals surface area contributed by atoms with E-state index in [4.69, 9.17) is 9.84 Å².